The number of hydrogen-bond acceptors (Lipinski definition) is 6. The van der Waals surface area contributed by atoms with Crippen molar-refractivity contribution in [2.45, 2.75) is 107 Å². The fourth-order valence-corrected chi connectivity index (χ4v) is 9.03. The van der Waals surface area contributed by atoms with Crippen molar-refractivity contribution in [3.8, 4) is 11.5 Å². The van der Waals surface area contributed by atoms with Gasteiger partial charge in [0.05, 0.1) is 22.8 Å². The van der Waals surface area contributed by atoms with Crippen molar-refractivity contribution in [2.24, 2.45) is 10.8 Å². The first-order valence-corrected chi connectivity index (χ1v) is 16.7. The summed E-state index contributed by atoms with van der Waals surface area (Å²) in [6.45, 7) is 0.248. The summed E-state index contributed by atoms with van der Waals surface area (Å²) in [5, 5.41) is 7.87. The number of fused-ring (bicyclic) bond motifs is 3. The monoisotopic (exact) mass is 574 g/mol. The van der Waals surface area contributed by atoms with E-state index < -0.39 is 12.1 Å². The lowest BCUT2D eigenvalue weighted by Gasteiger charge is -2.55. The number of carbonyl (C=O) groups excluding carboxylic acids is 1. The smallest absolute Gasteiger partial charge is 0.258 e. The summed E-state index contributed by atoms with van der Waals surface area (Å²) in [6, 6.07) is 8.03. The van der Waals surface area contributed by atoms with Crippen LogP contribution in [0.5, 0.6) is 0 Å². The average Bonchev–Trinajstić information content (AvgIpc) is 3.93. The zero-order valence-corrected chi connectivity index (χ0v) is 24.6. The lowest BCUT2D eigenvalue weighted by atomic mass is 9.53. The van der Waals surface area contributed by atoms with Crippen LogP contribution < -0.4 is 4.90 Å². The Morgan fingerprint density at radius 3 is 2.41 bits per heavy atom. The van der Waals surface area contributed by atoms with Gasteiger partial charge < -0.3 is 9.42 Å². The number of halogens is 1. The summed E-state index contributed by atoms with van der Waals surface area (Å²) >= 11 is 1.88. The molecule has 1 amide bonds. The highest BCUT2D eigenvalue weighted by Gasteiger charge is 2.53. The lowest BCUT2D eigenvalue weighted by Crippen LogP contribution is -2.55. The van der Waals surface area contributed by atoms with Crippen LogP contribution in [0.2, 0.25) is 0 Å². The summed E-state index contributed by atoms with van der Waals surface area (Å²) in [6.07, 6.45) is 14.5. The summed E-state index contributed by atoms with van der Waals surface area (Å²) in [5.41, 5.74) is 2.77. The normalized spacial score (nSPS) is 28.4. The fourth-order valence-electron chi connectivity index (χ4n) is 7.84. The van der Waals surface area contributed by atoms with Gasteiger partial charge in [0, 0.05) is 40.4 Å². The molecule has 2 aromatic heterocycles. The summed E-state index contributed by atoms with van der Waals surface area (Å²) in [7, 11) is 0. The number of thiazole rings is 1. The Bertz CT molecular complexity index is 1430. The topological polar surface area (TPSA) is 72.1 Å². The molecular formula is C33H39FN4O2S. The molecule has 6 saturated carbocycles. The predicted molar refractivity (Wildman–Crippen MR) is 157 cm³/mol. The number of anilines is 1. The van der Waals surface area contributed by atoms with E-state index >= 15 is 0 Å². The first-order valence-electron chi connectivity index (χ1n) is 15.8. The van der Waals surface area contributed by atoms with Crippen LogP contribution in [-0.4, -0.2) is 34.3 Å². The third-order valence-electron chi connectivity index (χ3n) is 11.2. The van der Waals surface area contributed by atoms with E-state index in [4.69, 9.17) is 9.51 Å². The van der Waals surface area contributed by atoms with Gasteiger partial charge in [-0.2, -0.15) is 4.98 Å². The van der Waals surface area contributed by atoms with Crippen LogP contribution in [0.1, 0.15) is 118 Å². The first kappa shape index (κ1) is 26.1. The Balaban J connectivity index is 1.08. The van der Waals surface area contributed by atoms with Gasteiger partial charge in [0.15, 0.2) is 5.82 Å². The van der Waals surface area contributed by atoms with Gasteiger partial charge in [0.2, 0.25) is 5.91 Å². The second-order valence-corrected chi connectivity index (χ2v) is 14.7. The molecule has 9 rings (SSSR count). The molecule has 2 bridgehead atoms. The molecule has 6 fully saturated rings. The van der Waals surface area contributed by atoms with E-state index in [1.807, 2.05) is 40.5 Å². The summed E-state index contributed by atoms with van der Waals surface area (Å²) in [5.74, 6) is 2.52. The van der Waals surface area contributed by atoms with Gasteiger partial charge >= 0.3 is 0 Å². The molecule has 0 radical (unpaired) electrons. The molecule has 0 atom stereocenters. The molecule has 0 N–H and O–H groups in total. The van der Waals surface area contributed by atoms with E-state index in [0.717, 1.165) is 87.7 Å². The van der Waals surface area contributed by atoms with E-state index in [1.165, 1.54) is 23.5 Å². The van der Waals surface area contributed by atoms with Gasteiger partial charge in [-0.1, -0.05) is 17.6 Å². The van der Waals surface area contributed by atoms with E-state index in [9.17, 15) is 9.18 Å². The first-order chi connectivity index (χ1) is 20.0. The number of aromatic nitrogens is 3. The van der Waals surface area contributed by atoms with Crippen molar-refractivity contribution in [1.82, 2.24) is 15.1 Å². The maximum Gasteiger partial charge on any atom is 0.258 e. The molecule has 2 heterocycles. The van der Waals surface area contributed by atoms with E-state index in [2.05, 4.69) is 15.5 Å². The second kappa shape index (κ2) is 9.72. The fraction of sp³-hybridized carbons (Fsp3) is 0.636. The molecule has 8 heteroatoms. The minimum Gasteiger partial charge on any atom is -0.334 e. The van der Waals surface area contributed by atoms with Crippen LogP contribution in [0.3, 0.4) is 0 Å². The summed E-state index contributed by atoms with van der Waals surface area (Å²) in [4.78, 5) is 26.2. The highest BCUT2D eigenvalue weighted by molar-refractivity contribution is 7.09. The van der Waals surface area contributed by atoms with Crippen LogP contribution in [0, 0.1) is 10.8 Å². The van der Waals surface area contributed by atoms with Gasteiger partial charge in [-0.25, -0.2) is 4.98 Å². The van der Waals surface area contributed by atoms with Crippen molar-refractivity contribution in [1.29, 1.82) is 0 Å². The standard InChI is InChI=1S/C33H39FN4O2S/c34-18-17-33(9-2-10-33)30(39)38(25-4-1-3-24(19-25)28-36-27(37-40-28)23-7-8-23)21-31-11-14-32(15-12-31,16-13-31)29-35-26(20-41-29)22-5-6-22/h1,3-4,19-20,22-23H,2,5-18,21H2. The molecular weight excluding hydrogens is 535 g/mol. The van der Waals surface area contributed by atoms with Crippen LogP contribution in [0.4, 0.5) is 10.1 Å². The molecule has 0 unspecified atom stereocenters. The molecule has 6 aliphatic rings. The van der Waals surface area contributed by atoms with Gasteiger partial charge in [-0.15, -0.1) is 11.3 Å². The van der Waals surface area contributed by atoms with Crippen LogP contribution in [-0.2, 0) is 10.2 Å². The van der Waals surface area contributed by atoms with Crippen molar-refractivity contribution in [2.75, 3.05) is 18.1 Å². The molecule has 1 aromatic carbocycles. The molecule has 0 spiro atoms. The van der Waals surface area contributed by atoms with Crippen LogP contribution in [0.25, 0.3) is 11.5 Å². The maximum absolute atomic E-state index is 14.4. The van der Waals surface area contributed by atoms with Crippen molar-refractivity contribution in [3.63, 3.8) is 0 Å². The molecule has 6 nitrogen and oxygen atoms in total. The van der Waals surface area contributed by atoms with Crippen LogP contribution in [0.15, 0.2) is 34.2 Å². The van der Waals surface area contributed by atoms with E-state index in [0.29, 0.717) is 30.7 Å². The molecule has 6 aliphatic carbocycles. The molecule has 41 heavy (non-hydrogen) atoms. The average molecular weight is 575 g/mol. The second-order valence-electron chi connectivity index (χ2n) is 13.9. The number of alkyl halides is 1. The maximum atomic E-state index is 14.4. The largest absolute Gasteiger partial charge is 0.334 e. The summed E-state index contributed by atoms with van der Waals surface area (Å²) < 4.78 is 19.4. The van der Waals surface area contributed by atoms with Gasteiger partial charge in [-0.05, 0) is 107 Å². The van der Waals surface area contributed by atoms with Crippen molar-refractivity contribution < 1.29 is 13.7 Å². The Morgan fingerprint density at radius 1 is 1.00 bits per heavy atom. The van der Waals surface area contributed by atoms with E-state index in [1.54, 1.807) is 0 Å². The van der Waals surface area contributed by atoms with Crippen molar-refractivity contribution in [3.05, 3.63) is 46.2 Å². The third-order valence-corrected chi connectivity index (χ3v) is 12.3. The number of hydrogen-bond donors (Lipinski definition) is 0. The Morgan fingerprint density at radius 2 is 1.76 bits per heavy atom. The van der Waals surface area contributed by atoms with E-state index in [-0.39, 0.29) is 16.7 Å². The Labute approximate surface area is 245 Å². The zero-order chi connectivity index (χ0) is 27.7. The van der Waals surface area contributed by atoms with Gasteiger partial charge in [0.1, 0.15) is 0 Å². The Kier molecular flexibility index (Phi) is 6.17. The van der Waals surface area contributed by atoms with Crippen LogP contribution >= 0.6 is 11.3 Å². The molecule has 3 aromatic rings. The molecule has 216 valence electrons. The highest BCUT2D eigenvalue weighted by Crippen LogP contribution is 2.59. The Hall–Kier alpha value is -2.61. The minimum absolute atomic E-state index is 0.0915. The van der Waals surface area contributed by atoms with Gasteiger partial charge in [0.25, 0.3) is 5.89 Å². The zero-order valence-electron chi connectivity index (χ0n) is 23.7. The quantitative estimate of drug-likeness (QED) is 0.245. The number of nitrogens with zero attached hydrogens (tertiary/aromatic N) is 4. The number of benzene rings is 1. The SMILES string of the molecule is O=C(N(CC12CCC(c3nc(C4CC4)cs3)(CC1)CC2)c1cccc(-c2nc(C3CC3)no2)c1)C1(CCF)CCC1. The van der Waals surface area contributed by atoms with Crippen molar-refractivity contribution >= 4 is 22.9 Å². The highest BCUT2D eigenvalue weighted by atomic mass is 32.1. The number of amides is 1. The van der Waals surface area contributed by atoms with Gasteiger partial charge in [-0.3, -0.25) is 9.18 Å². The molecule has 0 aliphatic heterocycles. The minimum atomic E-state index is -0.571. The third kappa shape index (κ3) is 4.56. The number of carbonyl (C=O) groups is 1. The predicted octanol–water partition coefficient (Wildman–Crippen LogP) is 8.10. The molecule has 0 saturated heterocycles. The lowest BCUT2D eigenvalue weighted by molar-refractivity contribution is -0.134. The number of rotatable bonds is 10.